The molecule has 35 heavy (non-hydrogen) atoms. The second-order valence-electron chi connectivity index (χ2n) is 10.3. The molecule has 0 radical (unpaired) electrons. The lowest BCUT2D eigenvalue weighted by molar-refractivity contribution is -0.137. The van der Waals surface area contributed by atoms with Gasteiger partial charge in [0.2, 0.25) is 5.91 Å². The van der Waals surface area contributed by atoms with Gasteiger partial charge in [-0.05, 0) is 55.2 Å². The number of carbonyl (C=O) groups is 2. The number of halogens is 3. The Balaban J connectivity index is 1.80. The molecule has 3 rings (SSSR count). The van der Waals surface area contributed by atoms with E-state index in [2.05, 4.69) is 19.2 Å². The van der Waals surface area contributed by atoms with Crippen LogP contribution in [0.25, 0.3) is 0 Å². The molecule has 1 aromatic rings. The highest BCUT2D eigenvalue weighted by atomic mass is 19.4. The van der Waals surface area contributed by atoms with E-state index in [4.69, 9.17) is 5.26 Å². The molecule has 192 valence electrons. The van der Waals surface area contributed by atoms with E-state index >= 15 is 0 Å². The van der Waals surface area contributed by atoms with Crippen LogP contribution in [0.3, 0.4) is 0 Å². The third-order valence-electron chi connectivity index (χ3n) is 7.10. The van der Waals surface area contributed by atoms with Crippen molar-refractivity contribution >= 4 is 17.6 Å². The summed E-state index contributed by atoms with van der Waals surface area (Å²) in [5.41, 5.74) is -1.44. The quantitative estimate of drug-likeness (QED) is 0.670. The second-order valence-corrected chi connectivity index (χ2v) is 10.3. The summed E-state index contributed by atoms with van der Waals surface area (Å²) in [6.45, 7) is 6.30. The van der Waals surface area contributed by atoms with E-state index in [0.29, 0.717) is 51.4 Å². The van der Waals surface area contributed by atoms with Gasteiger partial charge in [0, 0.05) is 46.0 Å². The minimum atomic E-state index is -4.67. The van der Waals surface area contributed by atoms with Crippen molar-refractivity contribution in [3.63, 3.8) is 0 Å². The molecule has 2 aliphatic heterocycles. The number of urea groups is 1. The van der Waals surface area contributed by atoms with Crippen molar-refractivity contribution in [3.8, 4) is 6.07 Å². The van der Waals surface area contributed by atoms with Gasteiger partial charge in [-0.2, -0.15) is 18.4 Å². The van der Waals surface area contributed by atoms with Gasteiger partial charge < -0.3 is 20.0 Å². The third-order valence-corrected chi connectivity index (χ3v) is 7.10. The molecule has 0 saturated carbocycles. The molecule has 1 atom stereocenters. The fourth-order valence-electron chi connectivity index (χ4n) is 5.02. The molecule has 2 saturated heterocycles. The number of hydrogen-bond donors (Lipinski definition) is 1. The van der Waals surface area contributed by atoms with Crippen LogP contribution in [0.15, 0.2) is 18.2 Å². The van der Waals surface area contributed by atoms with Crippen LogP contribution in [0.5, 0.6) is 0 Å². The smallest absolute Gasteiger partial charge is 0.359 e. The standard InChI is InChI=1S/C25H34F3N5O2/c1-17(2)7-10-30-23(35)32-11-8-24(9-12-32)14-21(22(34)31(3)4)33(16-24)19-6-5-18(15-29)20(13-19)25(26,27)28/h5-6,13,17,21H,7-12,14,16H2,1-4H3,(H,30,35). The Bertz CT molecular complexity index is 978. The third kappa shape index (κ3) is 6.00. The highest BCUT2D eigenvalue weighted by molar-refractivity contribution is 5.86. The van der Waals surface area contributed by atoms with Gasteiger partial charge in [-0.3, -0.25) is 4.79 Å². The summed E-state index contributed by atoms with van der Waals surface area (Å²) >= 11 is 0. The van der Waals surface area contributed by atoms with Gasteiger partial charge in [0.25, 0.3) is 0 Å². The van der Waals surface area contributed by atoms with Gasteiger partial charge in [0.1, 0.15) is 6.04 Å². The first-order chi connectivity index (χ1) is 16.4. The molecule has 0 aliphatic carbocycles. The molecule has 1 aromatic carbocycles. The van der Waals surface area contributed by atoms with E-state index in [1.165, 1.54) is 17.0 Å². The van der Waals surface area contributed by atoms with Gasteiger partial charge in [0.05, 0.1) is 17.2 Å². The topological polar surface area (TPSA) is 79.7 Å². The number of nitriles is 1. The Labute approximate surface area is 204 Å². The first-order valence-electron chi connectivity index (χ1n) is 12.0. The Morgan fingerprint density at radius 2 is 1.91 bits per heavy atom. The molecular formula is C25H34F3N5O2. The first kappa shape index (κ1) is 26.6. The number of hydrogen-bond acceptors (Lipinski definition) is 4. The Morgan fingerprint density at radius 3 is 2.46 bits per heavy atom. The molecule has 7 nitrogen and oxygen atoms in total. The van der Waals surface area contributed by atoms with Crippen molar-refractivity contribution in [2.45, 2.75) is 51.7 Å². The predicted molar refractivity (Wildman–Crippen MR) is 127 cm³/mol. The Hall–Kier alpha value is -2.96. The number of nitrogens with one attached hydrogen (secondary N) is 1. The number of rotatable bonds is 5. The zero-order chi connectivity index (χ0) is 26.0. The van der Waals surface area contributed by atoms with Crippen LogP contribution in [-0.4, -0.2) is 68.1 Å². The number of benzene rings is 1. The lowest BCUT2D eigenvalue weighted by Gasteiger charge is -2.39. The maximum absolute atomic E-state index is 13.6. The normalized spacial score (nSPS) is 19.7. The lowest BCUT2D eigenvalue weighted by Crippen LogP contribution is -2.48. The Kier molecular flexibility index (Phi) is 7.87. The number of likely N-dealkylation sites (N-methyl/N-ethyl adjacent to an activating group) is 1. The maximum atomic E-state index is 13.6. The highest BCUT2D eigenvalue weighted by Crippen LogP contribution is 2.46. The van der Waals surface area contributed by atoms with Gasteiger partial charge in [0.15, 0.2) is 0 Å². The van der Waals surface area contributed by atoms with Crippen molar-refractivity contribution in [2.24, 2.45) is 11.3 Å². The van der Waals surface area contributed by atoms with Gasteiger partial charge in [-0.25, -0.2) is 4.79 Å². The molecule has 0 bridgehead atoms. The van der Waals surface area contributed by atoms with Gasteiger partial charge in [-0.15, -0.1) is 0 Å². The number of likely N-dealkylation sites (tertiary alicyclic amines) is 1. The number of nitrogens with zero attached hydrogens (tertiary/aromatic N) is 4. The molecule has 10 heteroatoms. The number of carbonyl (C=O) groups excluding carboxylic acids is 2. The molecule has 1 N–H and O–H groups in total. The maximum Gasteiger partial charge on any atom is 0.417 e. The summed E-state index contributed by atoms with van der Waals surface area (Å²) < 4.78 is 40.8. The van der Waals surface area contributed by atoms with Crippen molar-refractivity contribution in [1.82, 2.24) is 15.1 Å². The van der Waals surface area contributed by atoms with E-state index in [1.807, 2.05) is 0 Å². The predicted octanol–water partition coefficient (Wildman–Crippen LogP) is 4.08. The van der Waals surface area contributed by atoms with Gasteiger partial charge >= 0.3 is 12.2 Å². The van der Waals surface area contributed by atoms with Gasteiger partial charge in [-0.1, -0.05) is 13.8 Å². The number of anilines is 1. The van der Waals surface area contributed by atoms with E-state index in [1.54, 1.807) is 30.0 Å². The summed E-state index contributed by atoms with van der Waals surface area (Å²) in [6.07, 6.45) is -1.93. The molecule has 3 amide bonds. The van der Waals surface area contributed by atoms with E-state index < -0.39 is 23.3 Å². The van der Waals surface area contributed by atoms with Crippen LogP contribution in [0.1, 0.15) is 50.7 Å². The van der Waals surface area contributed by atoms with Crippen molar-refractivity contribution in [3.05, 3.63) is 29.3 Å². The average molecular weight is 494 g/mol. The highest BCUT2D eigenvalue weighted by Gasteiger charge is 2.49. The summed E-state index contributed by atoms with van der Waals surface area (Å²) in [7, 11) is 3.27. The van der Waals surface area contributed by atoms with Crippen molar-refractivity contribution in [2.75, 3.05) is 45.2 Å². The summed E-state index contributed by atoms with van der Waals surface area (Å²) in [6, 6.07) is 4.54. The fraction of sp³-hybridized carbons (Fsp3) is 0.640. The molecule has 2 aliphatic rings. The number of alkyl halides is 3. The fourth-order valence-corrected chi connectivity index (χ4v) is 5.02. The van der Waals surface area contributed by atoms with E-state index in [9.17, 15) is 22.8 Å². The minimum Gasteiger partial charge on any atom is -0.359 e. The largest absolute Gasteiger partial charge is 0.417 e. The number of amides is 3. The lowest BCUT2D eigenvalue weighted by atomic mass is 9.76. The summed E-state index contributed by atoms with van der Waals surface area (Å²) in [5, 5.41) is 12.1. The molecule has 1 spiro atoms. The SMILES string of the molecule is CC(C)CCNC(=O)N1CCC2(CC1)CC(C(=O)N(C)C)N(c1ccc(C#N)c(C(F)(F)F)c1)C2. The number of piperidine rings is 1. The molecule has 2 fully saturated rings. The van der Waals surface area contributed by atoms with E-state index in [-0.39, 0.29) is 23.0 Å². The molecule has 1 unspecified atom stereocenters. The van der Waals surface area contributed by atoms with Crippen LogP contribution < -0.4 is 10.2 Å². The van der Waals surface area contributed by atoms with Crippen LogP contribution in [0, 0.1) is 22.7 Å². The van der Waals surface area contributed by atoms with Crippen LogP contribution in [0.4, 0.5) is 23.7 Å². The van der Waals surface area contributed by atoms with Crippen molar-refractivity contribution < 1.29 is 22.8 Å². The van der Waals surface area contributed by atoms with Crippen LogP contribution in [0.2, 0.25) is 0 Å². The van der Waals surface area contributed by atoms with Crippen LogP contribution >= 0.6 is 0 Å². The summed E-state index contributed by atoms with van der Waals surface area (Å²) in [4.78, 5) is 30.6. The minimum absolute atomic E-state index is 0.0989. The monoisotopic (exact) mass is 493 g/mol. The zero-order valence-electron chi connectivity index (χ0n) is 20.8. The zero-order valence-corrected chi connectivity index (χ0v) is 20.8. The molecule has 0 aromatic heterocycles. The second kappa shape index (κ2) is 10.3. The Morgan fingerprint density at radius 1 is 1.26 bits per heavy atom. The summed E-state index contributed by atoms with van der Waals surface area (Å²) in [5.74, 6) is 0.323. The average Bonchev–Trinajstić information content (AvgIpc) is 3.16. The van der Waals surface area contributed by atoms with Crippen molar-refractivity contribution in [1.29, 1.82) is 5.26 Å². The molecule has 2 heterocycles. The van der Waals surface area contributed by atoms with Crippen LogP contribution in [-0.2, 0) is 11.0 Å². The van der Waals surface area contributed by atoms with E-state index in [0.717, 1.165) is 12.5 Å². The first-order valence-corrected chi connectivity index (χ1v) is 12.0. The molecular weight excluding hydrogens is 459 g/mol.